The molecule has 13 heteroatoms. The van der Waals surface area contributed by atoms with Crippen LogP contribution in [0.2, 0.25) is 0 Å². The third-order valence-corrected chi connectivity index (χ3v) is 6.12. The Bertz CT molecular complexity index is 969. The Morgan fingerprint density at radius 2 is 1.40 bits per heavy atom. The lowest BCUT2D eigenvalue weighted by atomic mass is 10.0. The number of aliphatic carboxylic acids is 1. The van der Waals surface area contributed by atoms with E-state index >= 15 is 0 Å². The number of nitrogens with two attached hydrogens (primary N) is 4. The number of rotatable bonds is 19. The monoisotopic (exact) mass is 562 g/mol. The summed E-state index contributed by atoms with van der Waals surface area (Å²) in [6.07, 6.45) is 2.44. The average molecular weight is 563 g/mol. The highest BCUT2D eigenvalue weighted by atomic mass is 16.4. The summed E-state index contributed by atoms with van der Waals surface area (Å²) in [5.74, 6) is -3.02. The Labute approximate surface area is 235 Å². The van der Waals surface area contributed by atoms with Crippen molar-refractivity contribution in [3.8, 4) is 0 Å². The molecule has 40 heavy (non-hydrogen) atoms. The SMILES string of the molecule is CC(C)CC(NC(=O)C(CCCN=C(N)N)NC(=O)C(CCCCN)NC(=O)C(N)Cc1ccccc1)C(=O)O. The van der Waals surface area contributed by atoms with Gasteiger partial charge in [0.1, 0.15) is 18.1 Å². The topological polar surface area (TPSA) is 241 Å². The van der Waals surface area contributed by atoms with Crippen molar-refractivity contribution in [1.82, 2.24) is 16.0 Å². The predicted octanol–water partition coefficient (Wildman–Crippen LogP) is -0.676. The largest absolute Gasteiger partial charge is 0.480 e. The van der Waals surface area contributed by atoms with Crippen LogP contribution in [0.3, 0.4) is 0 Å². The summed E-state index contributed by atoms with van der Waals surface area (Å²) in [5, 5.41) is 17.5. The van der Waals surface area contributed by atoms with Crippen molar-refractivity contribution in [2.24, 2.45) is 33.8 Å². The molecule has 3 amide bonds. The van der Waals surface area contributed by atoms with Crippen molar-refractivity contribution in [3.05, 3.63) is 35.9 Å². The first kappa shape index (κ1) is 34.3. The second-order valence-corrected chi connectivity index (χ2v) is 10.2. The van der Waals surface area contributed by atoms with E-state index in [-0.39, 0.29) is 44.1 Å². The van der Waals surface area contributed by atoms with Crippen LogP contribution in [-0.4, -0.2) is 72.0 Å². The van der Waals surface area contributed by atoms with Gasteiger partial charge in [0.2, 0.25) is 17.7 Å². The van der Waals surface area contributed by atoms with Gasteiger partial charge in [0.05, 0.1) is 6.04 Å². The molecule has 13 nitrogen and oxygen atoms in total. The van der Waals surface area contributed by atoms with Crippen LogP contribution in [-0.2, 0) is 25.6 Å². The van der Waals surface area contributed by atoms with E-state index in [1.807, 2.05) is 44.2 Å². The number of guanidine groups is 1. The van der Waals surface area contributed by atoms with Gasteiger partial charge in [0, 0.05) is 6.54 Å². The molecule has 4 unspecified atom stereocenters. The molecule has 0 radical (unpaired) electrons. The fourth-order valence-electron chi connectivity index (χ4n) is 4.01. The van der Waals surface area contributed by atoms with Gasteiger partial charge < -0.3 is 44.0 Å². The molecule has 1 aromatic rings. The van der Waals surface area contributed by atoms with E-state index < -0.39 is 47.9 Å². The fourth-order valence-corrected chi connectivity index (χ4v) is 4.01. The number of carbonyl (C=O) groups is 4. The number of hydrogen-bond donors (Lipinski definition) is 8. The highest BCUT2D eigenvalue weighted by molar-refractivity contribution is 5.94. The molecule has 1 rings (SSSR count). The van der Waals surface area contributed by atoms with Gasteiger partial charge >= 0.3 is 5.97 Å². The van der Waals surface area contributed by atoms with Crippen molar-refractivity contribution < 1.29 is 24.3 Å². The van der Waals surface area contributed by atoms with Gasteiger partial charge in [-0.05, 0) is 63.0 Å². The Morgan fingerprint density at radius 3 is 1.93 bits per heavy atom. The van der Waals surface area contributed by atoms with E-state index in [0.29, 0.717) is 25.8 Å². The number of nitrogens with zero attached hydrogens (tertiary/aromatic N) is 1. The van der Waals surface area contributed by atoms with Crippen LogP contribution in [0.15, 0.2) is 35.3 Å². The van der Waals surface area contributed by atoms with Gasteiger partial charge in [-0.25, -0.2) is 4.79 Å². The molecule has 0 bridgehead atoms. The summed E-state index contributed by atoms with van der Waals surface area (Å²) in [7, 11) is 0. The molecule has 0 fully saturated rings. The third kappa shape index (κ3) is 13.9. The maximum absolute atomic E-state index is 13.3. The maximum atomic E-state index is 13.3. The Hall–Kier alpha value is -3.71. The van der Waals surface area contributed by atoms with Gasteiger partial charge in [-0.1, -0.05) is 44.2 Å². The molecule has 0 aromatic heterocycles. The van der Waals surface area contributed by atoms with Crippen LogP contribution in [0.5, 0.6) is 0 Å². The zero-order valence-electron chi connectivity index (χ0n) is 23.5. The highest BCUT2D eigenvalue weighted by Gasteiger charge is 2.30. The normalized spacial score (nSPS) is 13.9. The number of carbonyl (C=O) groups excluding carboxylic acids is 3. The number of carboxylic acids is 1. The van der Waals surface area contributed by atoms with E-state index in [0.717, 1.165) is 5.56 Å². The van der Waals surface area contributed by atoms with Crippen molar-refractivity contribution in [2.45, 2.75) is 83.0 Å². The van der Waals surface area contributed by atoms with Crippen LogP contribution in [0.4, 0.5) is 0 Å². The lowest BCUT2D eigenvalue weighted by Gasteiger charge is -2.25. The molecule has 1 aromatic carbocycles. The second-order valence-electron chi connectivity index (χ2n) is 10.2. The molecule has 224 valence electrons. The first-order valence-corrected chi connectivity index (χ1v) is 13.6. The average Bonchev–Trinajstić information content (AvgIpc) is 2.89. The van der Waals surface area contributed by atoms with E-state index in [2.05, 4.69) is 20.9 Å². The van der Waals surface area contributed by atoms with Gasteiger partial charge in [0.15, 0.2) is 5.96 Å². The summed E-state index contributed by atoms with van der Waals surface area (Å²) in [5.41, 5.74) is 23.3. The molecule has 0 aliphatic heterocycles. The summed E-state index contributed by atoms with van der Waals surface area (Å²) in [4.78, 5) is 55.0. The minimum Gasteiger partial charge on any atom is -0.480 e. The predicted molar refractivity (Wildman–Crippen MR) is 154 cm³/mol. The van der Waals surface area contributed by atoms with Crippen LogP contribution in [0, 0.1) is 5.92 Å². The zero-order chi connectivity index (χ0) is 30.1. The molecular formula is C27H46N8O5. The number of nitrogens with one attached hydrogen (secondary N) is 3. The minimum atomic E-state index is -1.17. The fraction of sp³-hybridized carbons (Fsp3) is 0.593. The summed E-state index contributed by atoms with van der Waals surface area (Å²) >= 11 is 0. The van der Waals surface area contributed by atoms with Gasteiger partial charge in [-0.3, -0.25) is 19.4 Å². The van der Waals surface area contributed by atoms with Crippen LogP contribution in [0.1, 0.15) is 57.9 Å². The quantitative estimate of drug-likeness (QED) is 0.0604. The molecule has 0 saturated heterocycles. The van der Waals surface area contributed by atoms with Crippen molar-refractivity contribution in [3.63, 3.8) is 0 Å². The highest BCUT2D eigenvalue weighted by Crippen LogP contribution is 2.09. The van der Waals surface area contributed by atoms with Gasteiger partial charge in [0.25, 0.3) is 0 Å². The number of carboxylic acid groups (broad SMARTS) is 1. The van der Waals surface area contributed by atoms with E-state index in [1.54, 1.807) is 0 Å². The standard InChI is InChI=1S/C27H46N8O5/c1-17(2)15-22(26(39)40)35-25(38)21(12-8-14-32-27(30)31)34-24(37)20(11-6-7-13-28)33-23(36)19(29)16-18-9-4-3-5-10-18/h3-5,9-10,17,19-22H,6-8,11-16,28-29H2,1-2H3,(H,33,36)(H,34,37)(H,35,38)(H,39,40)(H4,30,31,32). The second kappa shape index (κ2) is 18.6. The Balaban J connectivity index is 3.03. The number of amides is 3. The van der Waals surface area contributed by atoms with Crippen LogP contribution >= 0.6 is 0 Å². The number of hydrogen-bond acceptors (Lipinski definition) is 7. The Morgan fingerprint density at radius 1 is 0.850 bits per heavy atom. The zero-order valence-corrected chi connectivity index (χ0v) is 23.5. The van der Waals surface area contributed by atoms with Crippen molar-refractivity contribution in [1.29, 1.82) is 0 Å². The van der Waals surface area contributed by atoms with Crippen molar-refractivity contribution >= 4 is 29.7 Å². The summed E-state index contributed by atoms with van der Waals surface area (Å²) < 4.78 is 0. The van der Waals surface area contributed by atoms with Gasteiger partial charge in [-0.2, -0.15) is 0 Å². The number of benzene rings is 1. The van der Waals surface area contributed by atoms with E-state index in [1.165, 1.54) is 0 Å². The first-order valence-electron chi connectivity index (χ1n) is 13.6. The van der Waals surface area contributed by atoms with E-state index in [4.69, 9.17) is 22.9 Å². The third-order valence-electron chi connectivity index (χ3n) is 6.12. The molecular weight excluding hydrogens is 516 g/mol. The van der Waals surface area contributed by atoms with Crippen LogP contribution in [0.25, 0.3) is 0 Å². The van der Waals surface area contributed by atoms with Crippen molar-refractivity contribution in [2.75, 3.05) is 13.1 Å². The van der Waals surface area contributed by atoms with Crippen LogP contribution < -0.4 is 38.9 Å². The molecule has 0 aliphatic carbocycles. The molecule has 0 aliphatic rings. The smallest absolute Gasteiger partial charge is 0.326 e. The maximum Gasteiger partial charge on any atom is 0.326 e. The molecule has 0 heterocycles. The lowest BCUT2D eigenvalue weighted by molar-refractivity contribution is -0.142. The first-order chi connectivity index (χ1) is 18.9. The summed E-state index contributed by atoms with van der Waals surface area (Å²) in [6, 6.07) is 5.19. The molecule has 0 saturated carbocycles. The Kier molecular flexibility index (Phi) is 15.9. The number of aliphatic imine (C=N–C) groups is 1. The van der Waals surface area contributed by atoms with Gasteiger partial charge in [-0.15, -0.1) is 0 Å². The molecule has 0 spiro atoms. The molecule has 12 N–H and O–H groups in total. The minimum absolute atomic E-state index is 0.0125. The summed E-state index contributed by atoms with van der Waals surface area (Å²) in [6.45, 7) is 4.31. The van der Waals surface area contributed by atoms with E-state index in [9.17, 15) is 24.3 Å². The number of unbranched alkanes of at least 4 members (excludes halogenated alkanes) is 1. The lowest BCUT2D eigenvalue weighted by Crippen LogP contribution is -2.57. The molecule has 4 atom stereocenters.